The maximum Gasteiger partial charge on any atom is 0.303 e. The molecule has 3 N–H and O–H groups in total. The zero-order chi connectivity index (χ0) is 33.9. The number of anilines is 1. The average molecular weight is 672 g/mol. The first kappa shape index (κ1) is 31.6. The Hall–Kier alpha value is -5.03. The van der Waals surface area contributed by atoms with E-state index in [0.29, 0.717) is 27.4 Å². The number of benzene rings is 3. The van der Waals surface area contributed by atoms with Gasteiger partial charge in [-0.25, -0.2) is 4.39 Å². The Labute approximate surface area is 279 Å². The number of nitrogens with zero attached hydrogens (tertiary/aromatic N) is 2. The van der Waals surface area contributed by atoms with Crippen molar-refractivity contribution in [3.8, 4) is 5.75 Å². The summed E-state index contributed by atoms with van der Waals surface area (Å²) in [7, 11) is 0. The Morgan fingerprint density at radius 3 is 2.33 bits per heavy atom. The molecule has 1 saturated carbocycles. The molecule has 0 spiro atoms. The van der Waals surface area contributed by atoms with Gasteiger partial charge in [-0.2, -0.15) is 5.01 Å². The van der Waals surface area contributed by atoms with Crippen molar-refractivity contribution in [2.24, 2.45) is 23.7 Å². The fourth-order valence-corrected chi connectivity index (χ4v) is 8.53. The summed E-state index contributed by atoms with van der Waals surface area (Å²) in [5, 5.41) is 21.8. The number of carbonyl (C=O) groups is 5. The van der Waals surface area contributed by atoms with Crippen LogP contribution in [-0.4, -0.2) is 56.3 Å². The molecule has 12 heteroatoms. The molecule has 0 radical (unpaired) electrons. The molecule has 246 valence electrons. The number of hydrazine groups is 1. The van der Waals surface area contributed by atoms with Crippen LogP contribution < -0.4 is 5.43 Å². The molecule has 3 aromatic rings. The number of allylic oxidation sites excluding steroid dienone is 2. The van der Waals surface area contributed by atoms with Gasteiger partial charge in [0.15, 0.2) is 0 Å². The van der Waals surface area contributed by atoms with E-state index in [1.54, 1.807) is 42.5 Å². The van der Waals surface area contributed by atoms with Gasteiger partial charge in [0.1, 0.15) is 11.6 Å². The number of carboxylic acids is 1. The van der Waals surface area contributed by atoms with Crippen molar-refractivity contribution in [3.63, 3.8) is 0 Å². The highest BCUT2D eigenvalue weighted by atomic mass is 35.5. The first-order chi connectivity index (χ1) is 23.0. The summed E-state index contributed by atoms with van der Waals surface area (Å²) in [5.74, 6) is -7.76. The number of halogens is 2. The van der Waals surface area contributed by atoms with Gasteiger partial charge in [-0.1, -0.05) is 53.6 Å². The first-order valence-corrected chi connectivity index (χ1v) is 16.1. The van der Waals surface area contributed by atoms with Crippen molar-refractivity contribution in [3.05, 3.63) is 106 Å². The molecule has 2 aliphatic heterocycles. The van der Waals surface area contributed by atoms with Crippen molar-refractivity contribution >= 4 is 46.9 Å². The molecular weight excluding hydrogens is 641 g/mol. The summed E-state index contributed by atoms with van der Waals surface area (Å²) in [5.41, 5.74) is 3.11. The predicted octanol–water partition coefficient (Wildman–Crippen LogP) is 5.03. The lowest BCUT2D eigenvalue weighted by molar-refractivity contribution is -0.142. The van der Waals surface area contributed by atoms with E-state index in [1.165, 1.54) is 30.3 Å². The van der Waals surface area contributed by atoms with Crippen LogP contribution in [0.25, 0.3) is 0 Å². The molecular formula is C36H31ClFN3O7. The number of aliphatic carboxylic acids is 1. The van der Waals surface area contributed by atoms with Gasteiger partial charge < -0.3 is 10.2 Å². The molecule has 6 unspecified atom stereocenters. The van der Waals surface area contributed by atoms with E-state index in [-0.39, 0.29) is 43.9 Å². The van der Waals surface area contributed by atoms with Crippen LogP contribution in [0.5, 0.6) is 5.75 Å². The van der Waals surface area contributed by atoms with Crippen LogP contribution in [-0.2, 0) is 29.4 Å². The maximum absolute atomic E-state index is 15.0. The number of nitrogens with one attached hydrogen (secondary N) is 1. The Bertz CT molecular complexity index is 1880. The van der Waals surface area contributed by atoms with Crippen LogP contribution in [0, 0.1) is 29.5 Å². The van der Waals surface area contributed by atoms with Gasteiger partial charge in [-0.05, 0) is 73.2 Å². The molecule has 3 fully saturated rings. The maximum atomic E-state index is 15.0. The highest BCUT2D eigenvalue weighted by Gasteiger charge is 2.70. The monoisotopic (exact) mass is 671 g/mol. The van der Waals surface area contributed by atoms with Crippen molar-refractivity contribution < 1.29 is 38.6 Å². The second-order valence-corrected chi connectivity index (χ2v) is 13.2. The fourth-order valence-electron chi connectivity index (χ4n) is 8.41. The van der Waals surface area contributed by atoms with Gasteiger partial charge in [0.05, 0.1) is 28.9 Å². The summed E-state index contributed by atoms with van der Waals surface area (Å²) >= 11 is 6.29. The zero-order valence-electron chi connectivity index (χ0n) is 25.5. The van der Waals surface area contributed by atoms with Crippen LogP contribution in [0.2, 0.25) is 5.02 Å². The predicted molar refractivity (Wildman–Crippen MR) is 171 cm³/mol. The van der Waals surface area contributed by atoms with Gasteiger partial charge in [-0.3, -0.25) is 34.3 Å². The summed E-state index contributed by atoms with van der Waals surface area (Å²) in [6, 6.07) is 18.4. The second-order valence-electron chi connectivity index (χ2n) is 12.8. The number of hydrogen-bond acceptors (Lipinski definition) is 7. The number of fused-ring (bicyclic) bond motifs is 4. The van der Waals surface area contributed by atoms with E-state index >= 15 is 4.79 Å². The fraction of sp³-hybridized carbons (Fsp3) is 0.306. The Balaban J connectivity index is 1.40. The second kappa shape index (κ2) is 11.9. The summed E-state index contributed by atoms with van der Waals surface area (Å²) in [6.45, 7) is -0.0349. The topological polar surface area (TPSA) is 144 Å². The first-order valence-electron chi connectivity index (χ1n) is 15.8. The zero-order valence-corrected chi connectivity index (χ0v) is 26.3. The van der Waals surface area contributed by atoms with Gasteiger partial charge in [0, 0.05) is 29.5 Å². The molecule has 2 heterocycles. The minimum Gasteiger partial charge on any atom is -0.508 e. The molecule has 7 rings (SSSR count). The molecule has 4 aliphatic rings. The molecule has 10 nitrogen and oxygen atoms in total. The third kappa shape index (κ3) is 4.78. The number of amides is 4. The molecule has 2 saturated heterocycles. The lowest BCUT2D eigenvalue weighted by atomic mass is 9.49. The molecule has 3 aromatic carbocycles. The van der Waals surface area contributed by atoms with E-state index in [9.17, 15) is 28.7 Å². The average Bonchev–Trinajstić information content (AvgIpc) is 3.43. The number of aromatic hydroxyl groups is 1. The quantitative estimate of drug-likeness (QED) is 0.223. The number of carboxylic acid groups (broad SMARTS) is 1. The van der Waals surface area contributed by atoms with Crippen molar-refractivity contribution in [2.45, 2.75) is 37.0 Å². The highest BCUT2D eigenvalue weighted by Crippen LogP contribution is 2.64. The lowest BCUT2D eigenvalue weighted by Crippen LogP contribution is -2.53. The smallest absolute Gasteiger partial charge is 0.303 e. The molecule has 0 bridgehead atoms. The third-order valence-electron chi connectivity index (χ3n) is 10.4. The molecule has 4 amide bonds. The van der Waals surface area contributed by atoms with Crippen LogP contribution in [0.3, 0.4) is 0 Å². The van der Waals surface area contributed by atoms with Crippen molar-refractivity contribution in [1.82, 2.24) is 9.91 Å². The number of para-hydroxylation sites is 1. The Morgan fingerprint density at radius 1 is 0.938 bits per heavy atom. The van der Waals surface area contributed by atoms with Gasteiger partial charge in [0.2, 0.25) is 11.8 Å². The van der Waals surface area contributed by atoms with E-state index in [1.807, 2.05) is 6.08 Å². The van der Waals surface area contributed by atoms with E-state index in [4.69, 9.17) is 16.7 Å². The van der Waals surface area contributed by atoms with Crippen LogP contribution in [0.1, 0.15) is 42.7 Å². The van der Waals surface area contributed by atoms with Crippen LogP contribution in [0.4, 0.5) is 10.1 Å². The van der Waals surface area contributed by atoms with Crippen molar-refractivity contribution in [1.29, 1.82) is 0 Å². The number of likely N-dealkylation sites (tertiary alicyclic amines) is 1. The van der Waals surface area contributed by atoms with E-state index < -0.39 is 64.5 Å². The van der Waals surface area contributed by atoms with E-state index in [0.717, 1.165) is 9.91 Å². The number of hydrogen-bond donors (Lipinski definition) is 3. The standard InChI is InChI=1S/C36H31ClFN3O7/c37-20-9-7-19(8-10-20)36-27(33(46)41(35(36)48)39-22-13-11-21(38)12-14-22)18-26-23(31(36)24-4-1-2-5-28(24)42)15-16-25-30(26)34(47)40(32(25)45)17-3-6-29(43)44/h1-2,4-5,7-15,25-27,30-31,39,42H,3,6,16-18H2,(H,43,44). The van der Waals surface area contributed by atoms with Gasteiger partial charge in [-0.15, -0.1) is 0 Å². The minimum absolute atomic E-state index is 0.0349. The Morgan fingerprint density at radius 2 is 1.65 bits per heavy atom. The third-order valence-corrected chi connectivity index (χ3v) is 10.6. The van der Waals surface area contributed by atoms with Crippen LogP contribution >= 0.6 is 11.6 Å². The molecule has 2 aliphatic carbocycles. The van der Waals surface area contributed by atoms with Crippen LogP contribution in [0.15, 0.2) is 84.4 Å². The lowest BCUT2D eigenvalue weighted by Gasteiger charge is -2.50. The Kier molecular flexibility index (Phi) is 7.82. The summed E-state index contributed by atoms with van der Waals surface area (Å²) in [6.07, 6.45) is 2.02. The number of imide groups is 2. The van der Waals surface area contributed by atoms with Gasteiger partial charge >= 0.3 is 5.97 Å². The van der Waals surface area contributed by atoms with E-state index in [2.05, 4.69) is 5.43 Å². The highest BCUT2D eigenvalue weighted by molar-refractivity contribution is 6.30. The van der Waals surface area contributed by atoms with Crippen molar-refractivity contribution in [2.75, 3.05) is 12.0 Å². The summed E-state index contributed by atoms with van der Waals surface area (Å²) in [4.78, 5) is 69.4. The SMILES string of the molecule is O=C(O)CCCN1C(=O)C2CC=C3C(CC4C(=O)N(Nc5ccc(F)cc5)C(=O)C4(c4ccc(Cl)cc4)C3c3ccccc3O)C2C1=O. The number of carbonyl (C=O) groups excluding carboxylic acids is 4. The largest absolute Gasteiger partial charge is 0.508 e. The number of phenols is 1. The molecule has 48 heavy (non-hydrogen) atoms. The molecule has 0 aromatic heterocycles. The normalized spacial score (nSPS) is 27.8. The number of rotatable bonds is 8. The minimum atomic E-state index is -1.60. The molecule has 6 atom stereocenters. The van der Waals surface area contributed by atoms with Gasteiger partial charge in [0.25, 0.3) is 11.8 Å². The number of phenolic OH excluding ortho intramolecular Hbond substituents is 1. The summed E-state index contributed by atoms with van der Waals surface area (Å²) < 4.78 is 13.8.